The van der Waals surface area contributed by atoms with Crippen LogP contribution in [0.1, 0.15) is 49.6 Å². The third-order valence-electron chi connectivity index (χ3n) is 5.28. The van der Waals surface area contributed by atoms with Gasteiger partial charge in [-0.05, 0) is 37.8 Å². The minimum atomic E-state index is -0.709. The van der Waals surface area contributed by atoms with Crippen LogP contribution in [-0.4, -0.2) is 30.3 Å². The number of nitrogens with zero attached hydrogens (tertiary/aromatic N) is 3. The number of rotatable bonds is 11. The molecule has 0 N–H and O–H groups in total. The van der Waals surface area contributed by atoms with Crippen molar-refractivity contribution in [1.82, 2.24) is 5.16 Å². The number of ether oxygens (including phenoxy) is 1. The van der Waals surface area contributed by atoms with Gasteiger partial charge in [-0.3, -0.25) is 4.79 Å². The van der Waals surface area contributed by atoms with Crippen LogP contribution in [0.5, 0.6) is 0 Å². The number of hydrogen-bond acceptors (Lipinski definition) is 6. The fourth-order valence-electron chi connectivity index (χ4n) is 3.62. The van der Waals surface area contributed by atoms with Gasteiger partial charge in [0.05, 0.1) is 24.8 Å². The minimum Gasteiger partial charge on any atom is -0.373 e. The molecule has 0 bridgehead atoms. The number of amides is 1. The molecule has 1 atom stereocenters. The van der Waals surface area contributed by atoms with Crippen molar-refractivity contribution < 1.29 is 14.1 Å². The van der Waals surface area contributed by atoms with Gasteiger partial charge in [-0.1, -0.05) is 36.4 Å². The van der Waals surface area contributed by atoms with Crippen LogP contribution in [0.3, 0.4) is 0 Å². The van der Waals surface area contributed by atoms with Crippen LogP contribution in [0.25, 0.3) is 5.57 Å². The smallest absolute Gasteiger partial charge is 0.288 e. The SMILES string of the molecule is C=C1c2ccccc2N(CCCCCc2cc(COCCC(=O)N=O)on2)C1C. The molecule has 2 heterocycles. The maximum atomic E-state index is 10.8. The summed E-state index contributed by atoms with van der Waals surface area (Å²) in [4.78, 5) is 23.2. The molecule has 1 aliphatic rings. The molecule has 0 radical (unpaired) electrons. The highest BCUT2D eigenvalue weighted by Crippen LogP contribution is 2.39. The molecule has 1 aromatic carbocycles. The zero-order valence-electron chi connectivity index (χ0n) is 16.8. The molecule has 0 saturated heterocycles. The largest absolute Gasteiger partial charge is 0.373 e. The van der Waals surface area contributed by atoms with Gasteiger partial charge in [0.2, 0.25) is 0 Å². The first-order valence-electron chi connectivity index (χ1n) is 10.0. The highest BCUT2D eigenvalue weighted by Gasteiger charge is 2.28. The summed E-state index contributed by atoms with van der Waals surface area (Å²) in [5.74, 6) is -0.0908. The normalized spacial score (nSPS) is 15.6. The maximum absolute atomic E-state index is 10.8. The van der Waals surface area contributed by atoms with E-state index in [1.807, 2.05) is 6.07 Å². The number of carbonyl (C=O) groups is 1. The van der Waals surface area contributed by atoms with Crippen molar-refractivity contribution in [2.45, 2.75) is 51.7 Å². The van der Waals surface area contributed by atoms with Crippen molar-refractivity contribution in [3.63, 3.8) is 0 Å². The van der Waals surface area contributed by atoms with Gasteiger partial charge in [-0.25, -0.2) is 0 Å². The number of anilines is 1. The Morgan fingerprint density at radius 3 is 2.97 bits per heavy atom. The molecular weight excluding hydrogens is 370 g/mol. The van der Waals surface area contributed by atoms with Gasteiger partial charge in [0.15, 0.2) is 5.76 Å². The average Bonchev–Trinajstić information content (AvgIpc) is 3.29. The van der Waals surface area contributed by atoms with Gasteiger partial charge in [-0.2, -0.15) is 0 Å². The van der Waals surface area contributed by atoms with E-state index in [1.54, 1.807) is 0 Å². The monoisotopic (exact) mass is 397 g/mol. The molecule has 0 saturated carbocycles. The highest BCUT2D eigenvalue weighted by atomic mass is 16.5. The summed E-state index contributed by atoms with van der Waals surface area (Å²) >= 11 is 0. The van der Waals surface area contributed by atoms with Crippen molar-refractivity contribution in [3.05, 3.63) is 58.8 Å². The second-order valence-corrected chi connectivity index (χ2v) is 7.29. The lowest BCUT2D eigenvalue weighted by atomic mass is 10.1. The van der Waals surface area contributed by atoms with Crippen LogP contribution in [0.4, 0.5) is 5.69 Å². The van der Waals surface area contributed by atoms with Crippen LogP contribution in [0.15, 0.2) is 46.6 Å². The first-order valence-corrected chi connectivity index (χ1v) is 10.0. The molecule has 1 aliphatic heterocycles. The molecular formula is C22H27N3O4. The number of benzene rings is 1. The first-order chi connectivity index (χ1) is 14.1. The summed E-state index contributed by atoms with van der Waals surface area (Å²) in [6, 6.07) is 10.7. The van der Waals surface area contributed by atoms with Gasteiger partial charge in [0.1, 0.15) is 6.61 Å². The number of aromatic nitrogens is 1. The molecule has 3 rings (SSSR count). The average molecular weight is 397 g/mol. The van der Waals surface area contributed by atoms with Gasteiger partial charge in [0, 0.05) is 29.0 Å². The van der Waals surface area contributed by atoms with Crippen LogP contribution in [-0.2, 0) is 22.6 Å². The lowest BCUT2D eigenvalue weighted by molar-refractivity contribution is -0.119. The van der Waals surface area contributed by atoms with Crippen LogP contribution >= 0.6 is 0 Å². The molecule has 154 valence electrons. The third kappa shape index (κ3) is 5.38. The van der Waals surface area contributed by atoms with E-state index in [0.717, 1.165) is 37.9 Å². The standard InChI is InChI=1S/C22H27N3O4/c1-16-17(2)25(21-10-6-5-9-20(16)21)12-7-3-4-8-18-14-19(29-24-18)15-28-13-11-22(26)23-27/h5-6,9-10,14,17H,1,3-4,7-8,11-13,15H2,2H3. The summed E-state index contributed by atoms with van der Waals surface area (Å²) in [5, 5.41) is 6.38. The van der Waals surface area contributed by atoms with Gasteiger partial charge in [-0.15, -0.1) is 4.91 Å². The Balaban J connectivity index is 1.34. The Bertz CT molecular complexity index is 861. The maximum Gasteiger partial charge on any atom is 0.288 e. The van der Waals surface area contributed by atoms with E-state index in [2.05, 4.69) is 53.0 Å². The quantitative estimate of drug-likeness (QED) is 0.410. The number of para-hydroxylation sites is 1. The zero-order valence-corrected chi connectivity index (χ0v) is 16.8. The number of aryl methyl sites for hydroxylation is 1. The van der Waals surface area contributed by atoms with E-state index in [4.69, 9.17) is 9.26 Å². The Hall–Kier alpha value is -2.80. The second kappa shape index (κ2) is 10.1. The van der Waals surface area contributed by atoms with Crippen molar-refractivity contribution in [1.29, 1.82) is 0 Å². The molecule has 7 nitrogen and oxygen atoms in total. The van der Waals surface area contributed by atoms with E-state index in [-0.39, 0.29) is 19.6 Å². The number of nitroso groups, excluding NO2 is 1. The topological polar surface area (TPSA) is 85.0 Å². The molecule has 7 heteroatoms. The lowest BCUT2D eigenvalue weighted by Crippen LogP contribution is -2.29. The summed E-state index contributed by atoms with van der Waals surface area (Å²) < 4.78 is 10.5. The fraction of sp³-hybridized carbons (Fsp3) is 0.455. The Labute approximate surface area is 170 Å². The van der Waals surface area contributed by atoms with Gasteiger partial charge in [0.25, 0.3) is 5.91 Å². The summed E-state index contributed by atoms with van der Waals surface area (Å²) in [6.07, 6.45) is 4.10. The second-order valence-electron chi connectivity index (χ2n) is 7.29. The summed E-state index contributed by atoms with van der Waals surface area (Å²) in [6.45, 7) is 7.85. The van der Waals surface area contributed by atoms with Crippen molar-refractivity contribution in [3.8, 4) is 0 Å². The van der Waals surface area contributed by atoms with Crippen molar-refractivity contribution >= 4 is 17.2 Å². The number of hydrogen-bond donors (Lipinski definition) is 0. The minimum absolute atomic E-state index is 0.0159. The molecule has 1 amide bonds. The Morgan fingerprint density at radius 1 is 1.31 bits per heavy atom. The molecule has 1 aromatic heterocycles. The lowest BCUT2D eigenvalue weighted by Gasteiger charge is -2.25. The third-order valence-corrected chi connectivity index (χ3v) is 5.28. The zero-order chi connectivity index (χ0) is 20.6. The van der Waals surface area contributed by atoms with E-state index in [1.165, 1.54) is 16.8 Å². The van der Waals surface area contributed by atoms with Crippen LogP contribution < -0.4 is 4.90 Å². The summed E-state index contributed by atoms with van der Waals surface area (Å²) in [5.41, 5.74) is 4.66. The predicted molar refractivity (Wildman–Crippen MR) is 111 cm³/mol. The van der Waals surface area contributed by atoms with E-state index in [0.29, 0.717) is 11.8 Å². The summed E-state index contributed by atoms with van der Waals surface area (Å²) in [7, 11) is 0. The first kappa shape index (κ1) is 20.9. The molecule has 1 unspecified atom stereocenters. The van der Waals surface area contributed by atoms with Crippen molar-refractivity contribution in [2.24, 2.45) is 5.18 Å². The van der Waals surface area contributed by atoms with Crippen molar-refractivity contribution in [2.75, 3.05) is 18.1 Å². The Morgan fingerprint density at radius 2 is 2.14 bits per heavy atom. The molecule has 0 spiro atoms. The molecule has 0 fully saturated rings. The highest BCUT2D eigenvalue weighted by molar-refractivity contribution is 5.86. The van der Waals surface area contributed by atoms with Gasteiger partial charge < -0.3 is 14.2 Å². The number of carbonyl (C=O) groups excluding carboxylic acids is 1. The fourth-order valence-corrected chi connectivity index (χ4v) is 3.62. The van der Waals surface area contributed by atoms with Gasteiger partial charge >= 0.3 is 0 Å². The van der Waals surface area contributed by atoms with E-state index >= 15 is 0 Å². The van der Waals surface area contributed by atoms with Crippen LogP contribution in [0, 0.1) is 4.91 Å². The molecule has 29 heavy (non-hydrogen) atoms. The number of fused-ring (bicyclic) bond motifs is 1. The Kier molecular flexibility index (Phi) is 7.30. The predicted octanol–water partition coefficient (Wildman–Crippen LogP) is 4.51. The molecule has 2 aromatic rings. The molecule has 0 aliphatic carbocycles. The van der Waals surface area contributed by atoms with Crippen LogP contribution in [0.2, 0.25) is 0 Å². The van der Waals surface area contributed by atoms with E-state index < -0.39 is 5.91 Å². The van der Waals surface area contributed by atoms with E-state index in [9.17, 15) is 9.70 Å². The number of unbranched alkanes of at least 4 members (excludes halogenated alkanes) is 2.